The number of hydrogen-bond acceptors (Lipinski definition) is 5. The average Bonchev–Trinajstić information content (AvgIpc) is 3.32. The van der Waals surface area contributed by atoms with Gasteiger partial charge in [0, 0.05) is 24.9 Å². The number of fused-ring (bicyclic) bond motifs is 2. The van der Waals surface area contributed by atoms with Crippen LogP contribution in [0, 0.1) is 0 Å². The molecule has 5 rings (SSSR count). The molecule has 0 saturated heterocycles. The highest BCUT2D eigenvalue weighted by molar-refractivity contribution is 5.77. The highest BCUT2D eigenvalue weighted by Gasteiger charge is 2.36. The van der Waals surface area contributed by atoms with Crippen LogP contribution in [0.5, 0.6) is 11.5 Å². The van der Waals surface area contributed by atoms with Gasteiger partial charge in [-0.25, -0.2) is 4.98 Å². The van der Waals surface area contributed by atoms with Gasteiger partial charge >= 0.3 is 0 Å². The van der Waals surface area contributed by atoms with Crippen LogP contribution >= 0.6 is 0 Å². The van der Waals surface area contributed by atoms with Crippen LogP contribution in [0.15, 0.2) is 53.6 Å². The Bertz CT molecular complexity index is 1200. The average molecular weight is 434 g/mol. The number of benzene rings is 2. The van der Waals surface area contributed by atoms with Gasteiger partial charge in [0.2, 0.25) is 5.91 Å². The van der Waals surface area contributed by atoms with Crippen LogP contribution in [-0.4, -0.2) is 35.2 Å². The number of aromatic nitrogens is 2. The summed E-state index contributed by atoms with van der Waals surface area (Å²) >= 11 is 0. The molecule has 1 aromatic heterocycles. The van der Waals surface area contributed by atoms with Gasteiger partial charge in [-0.05, 0) is 42.7 Å². The third-order valence-corrected chi connectivity index (χ3v) is 6.65. The molecule has 2 aromatic carbocycles. The summed E-state index contributed by atoms with van der Waals surface area (Å²) in [6, 6.07) is 13.4. The van der Waals surface area contributed by atoms with Crippen molar-refractivity contribution in [2.75, 3.05) is 19.8 Å². The van der Waals surface area contributed by atoms with Gasteiger partial charge in [0.25, 0.3) is 5.56 Å². The summed E-state index contributed by atoms with van der Waals surface area (Å²) in [4.78, 5) is 29.6. The molecule has 2 aliphatic rings. The second-order valence-electron chi connectivity index (χ2n) is 8.63. The first-order valence-electron chi connectivity index (χ1n) is 11.3. The first kappa shape index (κ1) is 20.5. The van der Waals surface area contributed by atoms with Crippen molar-refractivity contribution in [1.29, 1.82) is 0 Å². The molecular weight excluding hydrogens is 406 g/mol. The van der Waals surface area contributed by atoms with Crippen LogP contribution in [0.1, 0.15) is 37.7 Å². The van der Waals surface area contributed by atoms with Crippen LogP contribution in [0.25, 0.3) is 10.9 Å². The molecule has 166 valence electrons. The molecule has 7 nitrogen and oxygen atoms in total. The minimum atomic E-state index is -0.119. The van der Waals surface area contributed by atoms with Crippen molar-refractivity contribution in [3.63, 3.8) is 0 Å². The van der Waals surface area contributed by atoms with Crippen molar-refractivity contribution in [3.05, 3.63) is 64.7 Å². The summed E-state index contributed by atoms with van der Waals surface area (Å²) in [5.74, 6) is 1.51. The lowest BCUT2D eigenvalue weighted by atomic mass is 9.78. The Morgan fingerprint density at radius 1 is 1.06 bits per heavy atom. The van der Waals surface area contributed by atoms with Crippen molar-refractivity contribution in [2.24, 2.45) is 0 Å². The normalized spacial score (nSPS) is 16.8. The molecule has 0 radical (unpaired) electrons. The summed E-state index contributed by atoms with van der Waals surface area (Å²) in [7, 11) is 0. The monoisotopic (exact) mass is 433 g/mol. The Labute approximate surface area is 186 Å². The molecule has 1 amide bonds. The summed E-state index contributed by atoms with van der Waals surface area (Å²) < 4.78 is 12.9. The van der Waals surface area contributed by atoms with Crippen LogP contribution < -0.4 is 20.3 Å². The van der Waals surface area contributed by atoms with Gasteiger partial charge in [0.1, 0.15) is 13.2 Å². The lowest BCUT2D eigenvalue weighted by molar-refractivity contribution is -0.121. The summed E-state index contributed by atoms with van der Waals surface area (Å²) in [6.45, 7) is 2.02. The Morgan fingerprint density at radius 2 is 1.84 bits per heavy atom. The number of carbonyl (C=O) groups is 1. The maximum absolute atomic E-state index is 12.7. The van der Waals surface area contributed by atoms with E-state index >= 15 is 0 Å². The number of carbonyl (C=O) groups excluding carboxylic acids is 1. The number of amides is 1. The van der Waals surface area contributed by atoms with Gasteiger partial charge in [0.05, 0.1) is 17.2 Å². The zero-order valence-electron chi connectivity index (χ0n) is 18.0. The maximum Gasteiger partial charge on any atom is 0.261 e. The molecule has 1 aliphatic carbocycles. The van der Waals surface area contributed by atoms with Gasteiger partial charge in [-0.15, -0.1) is 0 Å². The lowest BCUT2D eigenvalue weighted by Crippen LogP contribution is -2.39. The number of nitrogens with zero attached hydrogens (tertiary/aromatic N) is 2. The standard InChI is InChI=1S/C25H27N3O4/c29-23(9-12-28-17-27-20-6-2-1-5-19(20)24(28)30)26-16-25(10-3-4-11-25)18-7-8-21-22(15-18)32-14-13-31-21/h1-2,5-8,15,17H,3-4,9-14,16H2,(H,26,29). The van der Waals surface area contributed by atoms with Gasteiger partial charge in [-0.3, -0.25) is 14.2 Å². The third-order valence-electron chi connectivity index (χ3n) is 6.65. The molecule has 1 saturated carbocycles. The molecular formula is C25H27N3O4. The van der Waals surface area contributed by atoms with E-state index in [1.54, 1.807) is 6.07 Å². The van der Waals surface area contributed by atoms with E-state index in [2.05, 4.69) is 22.4 Å². The van der Waals surface area contributed by atoms with Gasteiger partial charge in [-0.2, -0.15) is 0 Å². The van der Waals surface area contributed by atoms with E-state index in [4.69, 9.17) is 9.47 Å². The Balaban J connectivity index is 1.25. The van der Waals surface area contributed by atoms with E-state index in [0.717, 1.165) is 37.2 Å². The summed E-state index contributed by atoms with van der Waals surface area (Å²) in [5.41, 5.74) is 1.65. The zero-order chi connectivity index (χ0) is 22.0. The fraction of sp³-hybridized carbons (Fsp3) is 0.400. The second kappa shape index (κ2) is 8.65. The number of para-hydroxylation sites is 1. The van der Waals surface area contributed by atoms with Gasteiger partial charge in [-0.1, -0.05) is 31.0 Å². The van der Waals surface area contributed by atoms with E-state index < -0.39 is 0 Å². The minimum Gasteiger partial charge on any atom is -0.486 e. The van der Waals surface area contributed by atoms with E-state index in [1.807, 2.05) is 24.3 Å². The Hall–Kier alpha value is -3.35. The zero-order valence-corrected chi connectivity index (χ0v) is 18.0. The molecule has 0 spiro atoms. The topological polar surface area (TPSA) is 82.5 Å². The van der Waals surface area contributed by atoms with Crippen molar-refractivity contribution in [3.8, 4) is 11.5 Å². The number of hydrogen-bond donors (Lipinski definition) is 1. The predicted molar refractivity (Wildman–Crippen MR) is 121 cm³/mol. The summed E-state index contributed by atoms with van der Waals surface area (Å²) in [6.07, 6.45) is 6.09. The fourth-order valence-electron chi connectivity index (χ4n) is 4.84. The van der Waals surface area contributed by atoms with Gasteiger partial charge in [0.15, 0.2) is 11.5 Å². The fourth-order valence-corrected chi connectivity index (χ4v) is 4.84. The first-order valence-corrected chi connectivity index (χ1v) is 11.3. The van der Waals surface area contributed by atoms with E-state index in [-0.39, 0.29) is 23.3 Å². The molecule has 0 unspecified atom stereocenters. The van der Waals surface area contributed by atoms with Crippen LogP contribution in [0.2, 0.25) is 0 Å². The van der Waals surface area contributed by atoms with Crippen molar-refractivity contribution >= 4 is 16.8 Å². The minimum absolute atomic E-state index is 0.0612. The Morgan fingerprint density at radius 3 is 2.69 bits per heavy atom. The molecule has 0 bridgehead atoms. The second-order valence-corrected chi connectivity index (χ2v) is 8.63. The quantitative estimate of drug-likeness (QED) is 0.646. The van der Waals surface area contributed by atoms with Crippen molar-refractivity contribution < 1.29 is 14.3 Å². The molecule has 0 atom stereocenters. The van der Waals surface area contributed by atoms with Crippen molar-refractivity contribution in [2.45, 2.75) is 44.1 Å². The van der Waals surface area contributed by atoms with Crippen LogP contribution in [0.3, 0.4) is 0 Å². The highest BCUT2D eigenvalue weighted by Crippen LogP contribution is 2.43. The van der Waals surface area contributed by atoms with Gasteiger partial charge < -0.3 is 14.8 Å². The smallest absolute Gasteiger partial charge is 0.261 e. The number of rotatable bonds is 6. The van der Waals surface area contributed by atoms with E-state index in [0.29, 0.717) is 37.2 Å². The number of nitrogens with one attached hydrogen (secondary N) is 1. The third kappa shape index (κ3) is 3.95. The molecule has 1 aliphatic heterocycles. The molecule has 7 heteroatoms. The molecule has 1 fully saturated rings. The Kier molecular flexibility index (Phi) is 5.55. The number of aryl methyl sites for hydroxylation is 1. The highest BCUT2D eigenvalue weighted by atomic mass is 16.6. The SMILES string of the molecule is O=C(CCn1cnc2ccccc2c1=O)NCC1(c2ccc3c(c2)OCCO3)CCCC1. The first-order chi connectivity index (χ1) is 15.6. The predicted octanol–water partition coefficient (Wildman–Crippen LogP) is 3.19. The molecule has 3 aromatic rings. The molecule has 1 N–H and O–H groups in total. The number of ether oxygens (including phenoxy) is 2. The van der Waals surface area contributed by atoms with Crippen LogP contribution in [-0.2, 0) is 16.8 Å². The van der Waals surface area contributed by atoms with Crippen molar-refractivity contribution in [1.82, 2.24) is 14.9 Å². The molecule has 2 heterocycles. The van der Waals surface area contributed by atoms with Crippen LogP contribution in [0.4, 0.5) is 0 Å². The molecule has 32 heavy (non-hydrogen) atoms. The van der Waals surface area contributed by atoms with E-state index in [9.17, 15) is 9.59 Å². The maximum atomic E-state index is 12.7. The van der Waals surface area contributed by atoms with E-state index in [1.165, 1.54) is 16.5 Å². The summed E-state index contributed by atoms with van der Waals surface area (Å²) in [5, 5.41) is 3.69. The lowest BCUT2D eigenvalue weighted by Gasteiger charge is -2.31. The largest absolute Gasteiger partial charge is 0.486 e.